The lowest BCUT2D eigenvalue weighted by atomic mass is 9.95. The molecule has 1 unspecified atom stereocenters. The Morgan fingerprint density at radius 2 is 2.16 bits per heavy atom. The standard InChI is InChI=1S/C18H26N4O3/c1-12(2)5-6-19-18(24)13-11-20-14-3-4-15(21-16(14)17(13)23)22-7-9-25-10-8-22/h3-4,12-13,20H,5-11H2,1-2H3,(H,19,24). The van der Waals surface area contributed by atoms with Crippen LogP contribution in [0.2, 0.25) is 0 Å². The summed E-state index contributed by atoms with van der Waals surface area (Å²) in [5.74, 6) is 0.136. The Morgan fingerprint density at radius 3 is 2.88 bits per heavy atom. The van der Waals surface area contributed by atoms with Crippen molar-refractivity contribution >= 4 is 23.2 Å². The minimum atomic E-state index is -0.716. The van der Waals surface area contributed by atoms with Gasteiger partial charge in [0.1, 0.15) is 17.4 Å². The Hall–Kier alpha value is -2.15. The normalized spacial score (nSPS) is 20.2. The monoisotopic (exact) mass is 346 g/mol. The smallest absolute Gasteiger partial charge is 0.232 e. The van der Waals surface area contributed by atoms with Crippen LogP contribution in [0, 0.1) is 11.8 Å². The van der Waals surface area contributed by atoms with Crippen LogP contribution in [0.15, 0.2) is 12.1 Å². The lowest BCUT2D eigenvalue weighted by molar-refractivity contribution is -0.123. The summed E-state index contributed by atoms with van der Waals surface area (Å²) in [6.07, 6.45) is 0.899. The Balaban J connectivity index is 1.71. The summed E-state index contributed by atoms with van der Waals surface area (Å²) in [6, 6.07) is 3.78. The van der Waals surface area contributed by atoms with Crippen molar-refractivity contribution in [3.63, 3.8) is 0 Å². The molecule has 0 bridgehead atoms. The average Bonchev–Trinajstić information content (AvgIpc) is 2.62. The summed E-state index contributed by atoms with van der Waals surface area (Å²) in [7, 11) is 0. The maximum atomic E-state index is 12.8. The number of ether oxygens (including phenoxy) is 1. The number of carbonyl (C=O) groups excluding carboxylic acids is 2. The van der Waals surface area contributed by atoms with Gasteiger partial charge in [0.05, 0.1) is 18.9 Å². The first-order valence-electron chi connectivity index (χ1n) is 8.96. The van der Waals surface area contributed by atoms with Crippen molar-refractivity contribution in [1.29, 1.82) is 0 Å². The first-order valence-corrected chi connectivity index (χ1v) is 8.96. The van der Waals surface area contributed by atoms with Gasteiger partial charge in [-0.25, -0.2) is 4.98 Å². The summed E-state index contributed by atoms with van der Waals surface area (Å²) >= 11 is 0. The number of pyridine rings is 1. The number of fused-ring (bicyclic) bond motifs is 1. The molecule has 136 valence electrons. The maximum absolute atomic E-state index is 12.8. The molecule has 1 amide bonds. The van der Waals surface area contributed by atoms with Crippen LogP contribution in [-0.2, 0) is 9.53 Å². The third-order valence-electron chi connectivity index (χ3n) is 4.60. The SMILES string of the molecule is CC(C)CCNC(=O)C1CNc2ccc(N3CCOCC3)nc2C1=O. The van der Waals surface area contributed by atoms with E-state index in [-0.39, 0.29) is 11.7 Å². The summed E-state index contributed by atoms with van der Waals surface area (Å²) in [5, 5.41) is 6.03. The quantitative estimate of drug-likeness (QED) is 0.782. The number of rotatable bonds is 5. The van der Waals surface area contributed by atoms with E-state index in [1.165, 1.54) is 0 Å². The third kappa shape index (κ3) is 4.10. The molecule has 1 fully saturated rings. The Kier molecular flexibility index (Phi) is 5.53. The van der Waals surface area contributed by atoms with Crippen molar-refractivity contribution in [3.05, 3.63) is 17.8 Å². The van der Waals surface area contributed by atoms with Crippen LogP contribution in [0.4, 0.5) is 11.5 Å². The molecule has 7 nitrogen and oxygen atoms in total. The molecule has 0 aromatic carbocycles. The zero-order valence-corrected chi connectivity index (χ0v) is 14.9. The molecule has 0 aliphatic carbocycles. The second kappa shape index (κ2) is 7.82. The topological polar surface area (TPSA) is 83.6 Å². The minimum Gasteiger partial charge on any atom is -0.382 e. The van der Waals surface area contributed by atoms with Gasteiger partial charge in [0, 0.05) is 26.2 Å². The van der Waals surface area contributed by atoms with Crippen molar-refractivity contribution in [3.8, 4) is 0 Å². The number of nitrogens with one attached hydrogen (secondary N) is 2. The second-order valence-corrected chi connectivity index (χ2v) is 6.94. The number of carbonyl (C=O) groups is 2. The van der Waals surface area contributed by atoms with Crippen molar-refractivity contribution in [1.82, 2.24) is 10.3 Å². The van der Waals surface area contributed by atoms with Crippen LogP contribution in [0.25, 0.3) is 0 Å². The van der Waals surface area contributed by atoms with E-state index >= 15 is 0 Å². The van der Waals surface area contributed by atoms with Gasteiger partial charge in [0.2, 0.25) is 5.91 Å². The highest BCUT2D eigenvalue weighted by Gasteiger charge is 2.34. The molecule has 1 atom stereocenters. The predicted octanol–water partition coefficient (Wildman–Crippen LogP) is 1.30. The molecule has 0 saturated carbocycles. The molecule has 2 aliphatic heterocycles. The molecule has 2 N–H and O–H groups in total. The van der Waals surface area contributed by atoms with Crippen LogP contribution in [0.1, 0.15) is 30.8 Å². The zero-order valence-electron chi connectivity index (χ0n) is 14.9. The number of amides is 1. The van der Waals surface area contributed by atoms with E-state index in [2.05, 4.69) is 34.4 Å². The fourth-order valence-corrected chi connectivity index (χ4v) is 3.04. The summed E-state index contributed by atoms with van der Waals surface area (Å²) in [6.45, 7) is 7.95. The molecule has 2 aliphatic rings. The van der Waals surface area contributed by atoms with Gasteiger partial charge in [-0.3, -0.25) is 9.59 Å². The Morgan fingerprint density at radius 1 is 1.40 bits per heavy atom. The number of aromatic nitrogens is 1. The molecule has 0 spiro atoms. The fourth-order valence-electron chi connectivity index (χ4n) is 3.04. The number of morpholine rings is 1. The number of ketones is 1. The van der Waals surface area contributed by atoms with Gasteiger partial charge in [-0.05, 0) is 24.5 Å². The van der Waals surface area contributed by atoms with Gasteiger partial charge in [-0.15, -0.1) is 0 Å². The van der Waals surface area contributed by atoms with E-state index in [4.69, 9.17) is 4.74 Å². The average molecular weight is 346 g/mol. The first kappa shape index (κ1) is 17.7. The van der Waals surface area contributed by atoms with Gasteiger partial charge in [-0.1, -0.05) is 13.8 Å². The highest BCUT2D eigenvalue weighted by Crippen LogP contribution is 2.26. The zero-order chi connectivity index (χ0) is 17.8. The summed E-state index contributed by atoms with van der Waals surface area (Å²) in [4.78, 5) is 31.8. The number of hydrogen-bond donors (Lipinski definition) is 2. The summed E-state index contributed by atoms with van der Waals surface area (Å²) < 4.78 is 5.36. The third-order valence-corrected chi connectivity index (χ3v) is 4.60. The second-order valence-electron chi connectivity index (χ2n) is 6.94. The number of nitrogens with zero attached hydrogens (tertiary/aromatic N) is 2. The van der Waals surface area contributed by atoms with Gasteiger partial charge in [0.15, 0.2) is 5.78 Å². The molecular weight excluding hydrogens is 320 g/mol. The molecule has 0 radical (unpaired) electrons. The van der Waals surface area contributed by atoms with Crippen molar-refractivity contribution < 1.29 is 14.3 Å². The molecule has 1 aromatic heterocycles. The highest BCUT2D eigenvalue weighted by atomic mass is 16.5. The Labute approximate surface area is 148 Å². The lowest BCUT2D eigenvalue weighted by Crippen LogP contribution is -2.43. The van der Waals surface area contributed by atoms with Crippen molar-refractivity contribution in [2.75, 3.05) is 49.6 Å². The van der Waals surface area contributed by atoms with Gasteiger partial charge >= 0.3 is 0 Å². The van der Waals surface area contributed by atoms with E-state index in [0.717, 1.165) is 25.3 Å². The fraction of sp³-hybridized carbons (Fsp3) is 0.611. The van der Waals surface area contributed by atoms with E-state index in [0.29, 0.717) is 43.6 Å². The summed E-state index contributed by atoms with van der Waals surface area (Å²) in [5.41, 5.74) is 1.06. The van der Waals surface area contributed by atoms with Crippen LogP contribution < -0.4 is 15.5 Å². The van der Waals surface area contributed by atoms with Gasteiger partial charge in [-0.2, -0.15) is 0 Å². The van der Waals surface area contributed by atoms with E-state index < -0.39 is 5.92 Å². The van der Waals surface area contributed by atoms with Crippen LogP contribution in [0.3, 0.4) is 0 Å². The number of hydrogen-bond acceptors (Lipinski definition) is 6. The van der Waals surface area contributed by atoms with E-state index in [1.54, 1.807) is 0 Å². The molecule has 1 aromatic rings. The van der Waals surface area contributed by atoms with Crippen LogP contribution >= 0.6 is 0 Å². The van der Waals surface area contributed by atoms with Crippen molar-refractivity contribution in [2.45, 2.75) is 20.3 Å². The molecule has 3 rings (SSSR count). The predicted molar refractivity (Wildman–Crippen MR) is 96.0 cm³/mol. The van der Waals surface area contributed by atoms with Crippen molar-refractivity contribution in [2.24, 2.45) is 11.8 Å². The molecule has 1 saturated heterocycles. The molecular formula is C18H26N4O3. The number of Topliss-reactive ketones (excluding diaryl/α,β-unsaturated/α-hetero) is 1. The first-order chi connectivity index (χ1) is 12.1. The van der Waals surface area contributed by atoms with E-state index in [1.807, 2.05) is 12.1 Å². The Bertz CT molecular complexity index is 641. The highest BCUT2D eigenvalue weighted by molar-refractivity contribution is 6.13. The van der Waals surface area contributed by atoms with Gasteiger partial charge in [0.25, 0.3) is 0 Å². The van der Waals surface area contributed by atoms with Crippen LogP contribution in [-0.4, -0.2) is 56.1 Å². The van der Waals surface area contributed by atoms with Gasteiger partial charge < -0.3 is 20.3 Å². The largest absolute Gasteiger partial charge is 0.382 e. The van der Waals surface area contributed by atoms with E-state index in [9.17, 15) is 9.59 Å². The van der Waals surface area contributed by atoms with Crippen LogP contribution in [0.5, 0.6) is 0 Å². The molecule has 25 heavy (non-hydrogen) atoms. The maximum Gasteiger partial charge on any atom is 0.232 e. The molecule has 7 heteroatoms. The number of anilines is 2. The minimum absolute atomic E-state index is 0.203. The lowest BCUT2D eigenvalue weighted by Gasteiger charge is -2.29. The molecule has 3 heterocycles.